The van der Waals surface area contributed by atoms with Crippen LogP contribution in [0.25, 0.3) is 0 Å². The average molecular weight is 238 g/mol. The molecular weight excluding hydrogens is 224 g/mol. The number of rotatable bonds is 4. The highest BCUT2D eigenvalue weighted by Gasteiger charge is 2.14. The Morgan fingerprint density at radius 3 is 2.94 bits per heavy atom. The predicted octanol–water partition coefficient (Wildman–Crippen LogP) is 1.19. The van der Waals surface area contributed by atoms with E-state index in [4.69, 9.17) is 11.0 Å². The van der Waals surface area contributed by atoms with Crippen molar-refractivity contribution in [2.24, 2.45) is 5.73 Å². The molecule has 3 N–H and O–H groups in total. The molecule has 0 bridgehead atoms. The molecule has 1 heterocycles. The fraction of sp³-hybridized carbons (Fsp3) is 0.500. The summed E-state index contributed by atoms with van der Waals surface area (Å²) in [5.41, 5.74) is 6.01. The molecule has 0 aliphatic carbocycles. The van der Waals surface area contributed by atoms with Crippen LogP contribution in [0.5, 0.6) is 0 Å². The molecule has 86 valence electrons. The third-order valence-corrected chi connectivity index (χ3v) is 2.96. The van der Waals surface area contributed by atoms with Crippen molar-refractivity contribution < 1.29 is 4.79 Å². The van der Waals surface area contributed by atoms with Crippen LogP contribution in [0.4, 0.5) is 0 Å². The molecular formula is C10H14N4OS. The van der Waals surface area contributed by atoms with E-state index in [9.17, 15) is 4.79 Å². The van der Waals surface area contributed by atoms with E-state index in [1.54, 1.807) is 12.3 Å². The molecule has 0 aliphatic rings. The van der Waals surface area contributed by atoms with E-state index < -0.39 is 0 Å². The lowest BCUT2D eigenvalue weighted by Crippen LogP contribution is -2.32. The molecule has 0 spiro atoms. The van der Waals surface area contributed by atoms with Crippen molar-refractivity contribution in [3.8, 4) is 6.07 Å². The monoisotopic (exact) mass is 238 g/mol. The Labute approximate surface area is 98.3 Å². The summed E-state index contributed by atoms with van der Waals surface area (Å²) in [6.45, 7) is 3.60. The molecule has 0 fully saturated rings. The van der Waals surface area contributed by atoms with Gasteiger partial charge in [-0.2, -0.15) is 5.26 Å². The zero-order valence-corrected chi connectivity index (χ0v) is 10.0. The number of carbonyl (C=O) groups excluding carboxylic acids is 1. The second kappa shape index (κ2) is 5.58. The molecule has 0 saturated carbocycles. The van der Waals surface area contributed by atoms with E-state index in [1.807, 2.05) is 13.0 Å². The van der Waals surface area contributed by atoms with Crippen molar-refractivity contribution >= 4 is 17.2 Å². The van der Waals surface area contributed by atoms with Crippen LogP contribution in [0.15, 0.2) is 5.38 Å². The molecule has 1 aromatic heterocycles. The molecule has 0 aliphatic heterocycles. The van der Waals surface area contributed by atoms with Crippen LogP contribution >= 0.6 is 11.3 Å². The number of aromatic nitrogens is 1. The number of nitrogens with one attached hydrogen (secondary N) is 1. The summed E-state index contributed by atoms with van der Waals surface area (Å²) in [4.78, 5) is 15.8. The molecule has 2 unspecified atom stereocenters. The lowest BCUT2D eigenvalue weighted by molar-refractivity contribution is 0.0936. The molecule has 16 heavy (non-hydrogen) atoms. The zero-order chi connectivity index (χ0) is 12.1. The van der Waals surface area contributed by atoms with Gasteiger partial charge in [0.25, 0.3) is 5.91 Å². The molecule has 2 atom stereocenters. The first kappa shape index (κ1) is 12.6. The normalized spacial score (nSPS) is 13.9. The molecule has 0 aromatic carbocycles. The Hall–Kier alpha value is -1.45. The van der Waals surface area contributed by atoms with Crippen LogP contribution in [-0.2, 0) is 0 Å². The maximum absolute atomic E-state index is 11.6. The smallest absolute Gasteiger partial charge is 0.271 e. The number of amides is 1. The minimum atomic E-state index is -0.258. The molecule has 1 aromatic rings. The Balaban J connectivity index is 2.63. The van der Waals surface area contributed by atoms with Crippen molar-refractivity contribution in [1.82, 2.24) is 10.3 Å². The minimum Gasteiger partial charge on any atom is -0.347 e. The van der Waals surface area contributed by atoms with Crippen LogP contribution < -0.4 is 11.1 Å². The van der Waals surface area contributed by atoms with Gasteiger partial charge in [0.1, 0.15) is 10.7 Å². The van der Waals surface area contributed by atoms with Gasteiger partial charge < -0.3 is 11.1 Å². The van der Waals surface area contributed by atoms with Crippen LogP contribution in [0.2, 0.25) is 0 Å². The summed E-state index contributed by atoms with van der Waals surface area (Å²) in [6, 6.07) is 1.66. The summed E-state index contributed by atoms with van der Waals surface area (Å²) in [6.07, 6.45) is 0.288. The van der Waals surface area contributed by atoms with Gasteiger partial charge in [-0.05, 0) is 13.8 Å². The third kappa shape index (κ3) is 3.29. The number of nitriles is 1. The molecule has 6 heteroatoms. The van der Waals surface area contributed by atoms with E-state index in [-0.39, 0.29) is 24.4 Å². The summed E-state index contributed by atoms with van der Waals surface area (Å²) >= 11 is 1.36. The molecule has 0 radical (unpaired) electrons. The lowest BCUT2D eigenvalue weighted by atomic mass is 10.2. The fourth-order valence-corrected chi connectivity index (χ4v) is 1.84. The highest BCUT2D eigenvalue weighted by atomic mass is 32.1. The highest BCUT2D eigenvalue weighted by molar-refractivity contribution is 7.09. The van der Waals surface area contributed by atoms with E-state index in [2.05, 4.69) is 10.3 Å². The number of carbonyl (C=O) groups is 1. The fourth-order valence-electron chi connectivity index (χ4n) is 1.09. The first-order valence-corrected chi connectivity index (χ1v) is 5.81. The van der Waals surface area contributed by atoms with Crippen molar-refractivity contribution in [1.29, 1.82) is 5.26 Å². The number of thiazole rings is 1. The quantitative estimate of drug-likeness (QED) is 0.824. The van der Waals surface area contributed by atoms with Crippen LogP contribution in [0.3, 0.4) is 0 Å². The first-order chi connectivity index (χ1) is 7.54. The zero-order valence-electron chi connectivity index (χ0n) is 9.23. The Morgan fingerprint density at radius 1 is 1.75 bits per heavy atom. The molecule has 1 amide bonds. The number of nitrogens with zero attached hydrogens (tertiary/aromatic N) is 2. The molecule has 5 nitrogen and oxygen atoms in total. The van der Waals surface area contributed by atoms with Crippen LogP contribution in [0.1, 0.15) is 41.8 Å². The van der Waals surface area contributed by atoms with Gasteiger partial charge in [-0.25, -0.2) is 4.98 Å². The average Bonchev–Trinajstić information content (AvgIpc) is 2.66. The largest absolute Gasteiger partial charge is 0.347 e. The van der Waals surface area contributed by atoms with Crippen LogP contribution in [-0.4, -0.2) is 16.9 Å². The Kier molecular flexibility index (Phi) is 4.40. The number of hydrogen-bond donors (Lipinski definition) is 2. The van der Waals surface area contributed by atoms with E-state index in [0.717, 1.165) is 5.01 Å². The number of nitrogens with two attached hydrogens (primary N) is 1. The standard InChI is InChI=1S/C10H14N4OS/c1-6(3-4-11)13-9(15)8-5-16-10(14-8)7(2)12/h5-7H,3,12H2,1-2H3,(H,13,15). The van der Waals surface area contributed by atoms with Crippen molar-refractivity contribution in [2.75, 3.05) is 0 Å². The lowest BCUT2D eigenvalue weighted by Gasteiger charge is -2.08. The number of hydrogen-bond acceptors (Lipinski definition) is 5. The topological polar surface area (TPSA) is 91.8 Å². The van der Waals surface area contributed by atoms with Gasteiger partial charge in [0.05, 0.1) is 18.5 Å². The summed E-state index contributed by atoms with van der Waals surface area (Å²) < 4.78 is 0. The first-order valence-electron chi connectivity index (χ1n) is 4.93. The van der Waals surface area contributed by atoms with Gasteiger partial charge in [-0.1, -0.05) is 0 Å². The van der Waals surface area contributed by atoms with Gasteiger partial charge >= 0.3 is 0 Å². The maximum Gasteiger partial charge on any atom is 0.271 e. The Morgan fingerprint density at radius 2 is 2.44 bits per heavy atom. The highest BCUT2D eigenvalue weighted by Crippen LogP contribution is 2.15. The van der Waals surface area contributed by atoms with Gasteiger partial charge in [-0.15, -0.1) is 11.3 Å². The maximum atomic E-state index is 11.6. The van der Waals surface area contributed by atoms with Crippen molar-refractivity contribution in [2.45, 2.75) is 32.4 Å². The molecule has 1 rings (SSSR count). The molecule has 0 saturated heterocycles. The minimum absolute atomic E-state index is 0.164. The predicted molar refractivity (Wildman–Crippen MR) is 61.9 cm³/mol. The van der Waals surface area contributed by atoms with Gasteiger partial charge in [-0.3, -0.25) is 4.79 Å². The second-order valence-electron chi connectivity index (χ2n) is 3.60. The van der Waals surface area contributed by atoms with Crippen LogP contribution in [0, 0.1) is 11.3 Å². The van der Waals surface area contributed by atoms with Gasteiger partial charge in [0.2, 0.25) is 0 Å². The summed E-state index contributed by atoms with van der Waals surface area (Å²) in [7, 11) is 0. The van der Waals surface area contributed by atoms with Gasteiger partial charge in [0, 0.05) is 11.4 Å². The second-order valence-corrected chi connectivity index (χ2v) is 4.49. The van der Waals surface area contributed by atoms with E-state index >= 15 is 0 Å². The van der Waals surface area contributed by atoms with Gasteiger partial charge in [0.15, 0.2) is 0 Å². The SMILES string of the molecule is CC(CC#N)NC(=O)c1csc(C(C)N)n1. The Bertz CT molecular complexity index is 407. The summed E-state index contributed by atoms with van der Waals surface area (Å²) in [5, 5.41) is 13.6. The van der Waals surface area contributed by atoms with Crippen molar-refractivity contribution in [3.63, 3.8) is 0 Å². The van der Waals surface area contributed by atoms with E-state index in [0.29, 0.717) is 5.69 Å². The summed E-state index contributed by atoms with van der Waals surface area (Å²) in [5.74, 6) is -0.258. The van der Waals surface area contributed by atoms with E-state index in [1.165, 1.54) is 11.3 Å². The van der Waals surface area contributed by atoms with Crippen molar-refractivity contribution in [3.05, 3.63) is 16.1 Å². The third-order valence-electron chi connectivity index (χ3n) is 1.92.